The Morgan fingerprint density at radius 3 is 2.60 bits per heavy atom. The van der Waals surface area contributed by atoms with Crippen LogP contribution in [0, 0.1) is 5.92 Å². The Hall–Kier alpha value is -0.300. The van der Waals surface area contributed by atoms with E-state index >= 15 is 0 Å². The highest BCUT2D eigenvalue weighted by Gasteiger charge is 1.99. The van der Waals surface area contributed by atoms with Gasteiger partial charge in [0.15, 0.2) is 0 Å². The molecule has 0 saturated heterocycles. The van der Waals surface area contributed by atoms with Gasteiger partial charge in [0.05, 0.1) is 0 Å². The van der Waals surface area contributed by atoms with E-state index in [1.807, 2.05) is 0 Å². The smallest absolute Gasteiger partial charge is 0.00434 e. The summed E-state index contributed by atoms with van der Waals surface area (Å²) in [6.45, 7) is 12.5. The molecular weight excluding hydrogens is 122 g/mol. The monoisotopic (exact) mass is 141 g/mol. The van der Waals surface area contributed by atoms with Crippen molar-refractivity contribution in [2.45, 2.75) is 27.2 Å². The summed E-state index contributed by atoms with van der Waals surface area (Å²) in [4.78, 5) is 0. The van der Waals surface area contributed by atoms with Crippen LogP contribution in [0.5, 0.6) is 0 Å². The highest BCUT2D eigenvalue weighted by Crippen LogP contribution is 2.09. The third kappa shape index (κ3) is 4.57. The van der Waals surface area contributed by atoms with Gasteiger partial charge in [-0.1, -0.05) is 26.0 Å². The zero-order valence-electron chi connectivity index (χ0n) is 7.41. The lowest BCUT2D eigenvalue weighted by Gasteiger charge is -2.10. The van der Waals surface area contributed by atoms with Crippen molar-refractivity contribution in [3.63, 3.8) is 0 Å². The largest absolute Gasteiger partial charge is 0.317 e. The van der Waals surface area contributed by atoms with Gasteiger partial charge in [0.2, 0.25) is 0 Å². The summed E-state index contributed by atoms with van der Waals surface area (Å²) >= 11 is 0. The van der Waals surface area contributed by atoms with Crippen LogP contribution in [0.25, 0.3) is 0 Å². The van der Waals surface area contributed by atoms with E-state index < -0.39 is 0 Å². The van der Waals surface area contributed by atoms with Crippen molar-refractivity contribution in [3.05, 3.63) is 12.2 Å². The Bertz CT molecular complexity index is 96.9. The van der Waals surface area contributed by atoms with E-state index in [0.29, 0.717) is 5.92 Å². The minimum Gasteiger partial charge on any atom is -0.317 e. The van der Waals surface area contributed by atoms with Crippen molar-refractivity contribution in [3.8, 4) is 0 Å². The van der Waals surface area contributed by atoms with Gasteiger partial charge in [-0.05, 0) is 32.4 Å². The number of nitrogens with one attached hydrogen (secondary N) is 1. The second-order valence-corrected chi connectivity index (χ2v) is 2.89. The Morgan fingerprint density at radius 2 is 2.20 bits per heavy atom. The maximum atomic E-state index is 3.91. The zero-order valence-corrected chi connectivity index (χ0v) is 7.41. The van der Waals surface area contributed by atoms with Gasteiger partial charge < -0.3 is 5.32 Å². The van der Waals surface area contributed by atoms with Gasteiger partial charge in [-0.3, -0.25) is 0 Å². The minimum absolute atomic E-state index is 0.666. The molecule has 0 aromatic heterocycles. The third-order valence-electron chi connectivity index (χ3n) is 1.85. The highest BCUT2D eigenvalue weighted by molar-refractivity contribution is 4.93. The average Bonchev–Trinajstić information content (AvgIpc) is 1.88. The lowest BCUT2D eigenvalue weighted by Crippen LogP contribution is -2.16. The quantitative estimate of drug-likeness (QED) is 0.457. The second kappa shape index (κ2) is 5.48. The molecule has 0 aromatic rings. The van der Waals surface area contributed by atoms with E-state index in [2.05, 4.69) is 32.7 Å². The first-order chi connectivity index (χ1) is 4.68. The van der Waals surface area contributed by atoms with Gasteiger partial charge in [-0.2, -0.15) is 0 Å². The van der Waals surface area contributed by atoms with Gasteiger partial charge in [0.25, 0.3) is 0 Å². The summed E-state index contributed by atoms with van der Waals surface area (Å²) in [5, 5.41) is 3.29. The summed E-state index contributed by atoms with van der Waals surface area (Å²) in [5.74, 6) is 0.666. The predicted octanol–water partition coefficient (Wildman–Crippen LogP) is 2.20. The van der Waals surface area contributed by atoms with E-state index in [-0.39, 0.29) is 0 Å². The van der Waals surface area contributed by atoms with E-state index in [1.165, 1.54) is 12.0 Å². The summed E-state index contributed by atoms with van der Waals surface area (Å²) in [6, 6.07) is 0. The van der Waals surface area contributed by atoms with Crippen molar-refractivity contribution in [2.75, 3.05) is 13.1 Å². The van der Waals surface area contributed by atoms with Crippen LogP contribution in [-0.4, -0.2) is 13.1 Å². The highest BCUT2D eigenvalue weighted by atomic mass is 14.8. The second-order valence-electron chi connectivity index (χ2n) is 2.89. The fraction of sp³-hybridized carbons (Fsp3) is 0.778. The number of rotatable bonds is 5. The summed E-state index contributed by atoms with van der Waals surface area (Å²) in [7, 11) is 0. The fourth-order valence-electron chi connectivity index (χ4n) is 0.742. The molecule has 0 saturated carbocycles. The van der Waals surface area contributed by atoms with Gasteiger partial charge in [-0.25, -0.2) is 0 Å². The first kappa shape index (κ1) is 9.70. The van der Waals surface area contributed by atoms with Crippen molar-refractivity contribution in [1.82, 2.24) is 5.32 Å². The molecule has 0 aliphatic carbocycles. The fourth-order valence-corrected chi connectivity index (χ4v) is 0.742. The van der Waals surface area contributed by atoms with Crippen LogP contribution < -0.4 is 5.32 Å². The topological polar surface area (TPSA) is 12.0 Å². The summed E-state index contributed by atoms with van der Waals surface area (Å²) in [5.41, 5.74) is 1.29. The minimum atomic E-state index is 0.666. The Balaban J connectivity index is 3.21. The molecule has 0 aromatic carbocycles. The molecule has 0 rings (SSSR count). The SMILES string of the molecule is C=C(C)C(C)CCNCC. The summed E-state index contributed by atoms with van der Waals surface area (Å²) in [6.07, 6.45) is 1.21. The maximum Gasteiger partial charge on any atom is -0.00434 e. The molecule has 60 valence electrons. The van der Waals surface area contributed by atoms with E-state index in [9.17, 15) is 0 Å². The molecule has 0 aliphatic rings. The molecule has 10 heavy (non-hydrogen) atoms. The van der Waals surface area contributed by atoms with Crippen LogP contribution in [0.3, 0.4) is 0 Å². The van der Waals surface area contributed by atoms with Crippen LogP contribution >= 0.6 is 0 Å². The molecule has 1 N–H and O–H groups in total. The molecule has 1 heteroatoms. The predicted molar refractivity (Wildman–Crippen MR) is 47.1 cm³/mol. The molecule has 0 spiro atoms. The Labute approximate surface area is 64.5 Å². The van der Waals surface area contributed by atoms with Crippen LogP contribution in [0.1, 0.15) is 27.2 Å². The van der Waals surface area contributed by atoms with Gasteiger partial charge in [0, 0.05) is 0 Å². The van der Waals surface area contributed by atoms with Crippen LogP contribution in [0.15, 0.2) is 12.2 Å². The molecular formula is C9H19N. The number of hydrogen-bond acceptors (Lipinski definition) is 1. The molecule has 1 nitrogen and oxygen atoms in total. The standard InChI is InChI=1S/C9H19N/c1-5-10-7-6-9(4)8(2)3/h9-10H,2,5-7H2,1,3-4H3. The third-order valence-corrected chi connectivity index (χ3v) is 1.85. The van der Waals surface area contributed by atoms with Gasteiger partial charge in [0.1, 0.15) is 0 Å². The molecule has 1 unspecified atom stereocenters. The van der Waals surface area contributed by atoms with Crippen molar-refractivity contribution in [2.24, 2.45) is 5.92 Å². The summed E-state index contributed by atoms with van der Waals surface area (Å²) < 4.78 is 0. The lowest BCUT2D eigenvalue weighted by atomic mass is 10.0. The molecule has 0 fully saturated rings. The number of hydrogen-bond donors (Lipinski definition) is 1. The van der Waals surface area contributed by atoms with E-state index in [4.69, 9.17) is 0 Å². The van der Waals surface area contributed by atoms with Crippen molar-refractivity contribution < 1.29 is 0 Å². The zero-order chi connectivity index (χ0) is 7.98. The first-order valence-corrected chi connectivity index (χ1v) is 4.04. The van der Waals surface area contributed by atoms with E-state index in [0.717, 1.165) is 13.1 Å². The van der Waals surface area contributed by atoms with Crippen LogP contribution in [0.2, 0.25) is 0 Å². The number of allylic oxidation sites excluding steroid dienone is 1. The van der Waals surface area contributed by atoms with Gasteiger partial charge in [-0.15, -0.1) is 0 Å². The van der Waals surface area contributed by atoms with Crippen LogP contribution in [0.4, 0.5) is 0 Å². The Kier molecular flexibility index (Phi) is 5.32. The molecule has 1 atom stereocenters. The van der Waals surface area contributed by atoms with Crippen molar-refractivity contribution >= 4 is 0 Å². The first-order valence-electron chi connectivity index (χ1n) is 4.04. The molecule has 0 amide bonds. The Morgan fingerprint density at radius 1 is 1.60 bits per heavy atom. The average molecular weight is 141 g/mol. The van der Waals surface area contributed by atoms with Gasteiger partial charge >= 0.3 is 0 Å². The molecule has 0 radical (unpaired) electrons. The van der Waals surface area contributed by atoms with Crippen LogP contribution in [-0.2, 0) is 0 Å². The lowest BCUT2D eigenvalue weighted by molar-refractivity contribution is 0.567. The van der Waals surface area contributed by atoms with E-state index in [1.54, 1.807) is 0 Å². The maximum absolute atomic E-state index is 3.91. The van der Waals surface area contributed by atoms with Crippen molar-refractivity contribution in [1.29, 1.82) is 0 Å². The molecule has 0 heterocycles. The molecule has 0 bridgehead atoms. The molecule has 0 aliphatic heterocycles. The normalized spacial score (nSPS) is 13.1.